The summed E-state index contributed by atoms with van der Waals surface area (Å²) in [6.07, 6.45) is 12.4. The Hall–Kier alpha value is -1.08. The van der Waals surface area contributed by atoms with E-state index in [4.69, 9.17) is 4.74 Å². The van der Waals surface area contributed by atoms with E-state index < -0.39 is 0 Å². The Morgan fingerprint density at radius 2 is 2.00 bits per heavy atom. The molecule has 1 atom stereocenters. The predicted molar refractivity (Wildman–Crippen MR) is 76.5 cm³/mol. The van der Waals surface area contributed by atoms with E-state index in [0.717, 1.165) is 19.4 Å². The minimum Gasteiger partial charge on any atom is -0.369 e. The monoisotopic (exact) mass is 244 g/mol. The van der Waals surface area contributed by atoms with Gasteiger partial charge in [-0.2, -0.15) is 0 Å². The van der Waals surface area contributed by atoms with Crippen molar-refractivity contribution in [3.05, 3.63) is 47.5 Å². The number of hydrogen-bond acceptors (Lipinski definition) is 1. The highest BCUT2D eigenvalue weighted by atomic mass is 16.5. The maximum atomic E-state index is 5.83. The third-order valence-electron chi connectivity index (χ3n) is 3.58. The second-order valence-corrected chi connectivity index (χ2v) is 5.04. The molecule has 18 heavy (non-hydrogen) atoms. The summed E-state index contributed by atoms with van der Waals surface area (Å²) in [6, 6.07) is 8.59. The number of hydrogen-bond donors (Lipinski definition) is 0. The van der Waals surface area contributed by atoms with Gasteiger partial charge in [-0.1, -0.05) is 56.2 Å². The maximum Gasteiger partial charge on any atom is 0.0836 e. The van der Waals surface area contributed by atoms with Crippen LogP contribution in [0.2, 0.25) is 0 Å². The summed E-state index contributed by atoms with van der Waals surface area (Å²) < 4.78 is 5.83. The van der Waals surface area contributed by atoms with Crippen LogP contribution in [0.25, 0.3) is 0 Å². The summed E-state index contributed by atoms with van der Waals surface area (Å²) in [5.74, 6) is 0. The molecule has 0 bridgehead atoms. The minimum absolute atomic E-state index is 0.321. The molecule has 1 heterocycles. The normalized spacial score (nSPS) is 18.4. The lowest BCUT2D eigenvalue weighted by molar-refractivity contribution is 0.0608. The van der Waals surface area contributed by atoms with Crippen LogP contribution >= 0.6 is 0 Å². The van der Waals surface area contributed by atoms with Crippen LogP contribution < -0.4 is 0 Å². The molecule has 1 nitrogen and oxygen atoms in total. The van der Waals surface area contributed by atoms with Crippen molar-refractivity contribution < 1.29 is 4.74 Å². The van der Waals surface area contributed by atoms with E-state index in [1.165, 1.54) is 36.8 Å². The van der Waals surface area contributed by atoms with Crippen LogP contribution in [0, 0.1) is 0 Å². The average molecular weight is 244 g/mol. The third kappa shape index (κ3) is 3.71. The van der Waals surface area contributed by atoms with Crippen molar-refractivity contribution >= 4 is 0 Å². The number of ether oxygens (including phenoxy) is 1. The summed E-state index contributed by atoms with van der Waals surface area (Å²) in [6.45, 7) is 3.04. The van der Waals surface area contributed by atoms with Crippen molar-refractivity contribution in [2.45, 2.75) is 58.2 Å². The molecule has 0 N–H and O–H groups in total. The first-order valence-electron chi connectivity index (χ1n) is 7.26. The quantitative estimate of drug-likeness (QED) is 0.474. The van der Waals surface area contributed by atoms with Crippen molar-refractivity contribution in [3.8, 4) is 0 Å². The van der Waals surface area contributed by atoms with E-state index in [1.807, 2.05) is 0 Å². The molecule has 2 rings (SSSR count). The molecule has 1 unspecified atom stereocenters. The van der Waals surface area contributed by atoms with E-state index in [-0.39, 0.29) is 0 Å². The average Bonchev–Trinajstić information content (AvgIpc) is 2.81. The maximum absolute atomic E-state index is 5.83. The molecular weight excluding hydrogens is 220 g/mol. The fourth-order valence-electron chi connectivity index (χ4n) is 2.49. The lowest BCUT2D eigenvalue weighted by Crippen LogP contribution is -1.94. The highest BCUT2D eigenvalue weighted by Crippen LogP contribution is 2.33. The van der Waals surface area contributed by atoms with Gasteiger partial charge in [0.25, 0.3) is 0 Å². The first kappa shape index (κ1) is 13.4. The van der Waals surface area contributed by atoms with Crippen molar-refractivity contribution in [3.63, 3.8) is 0 Å². The Balaban J connectivity index is 1.69. The van der Waals surface area contributed by atoms with Crippen LogP contribution in [0.15, 0.2) is 36.4 Å². The van der Waals surface area contributed by atoms with Crippen molar-refractivity contribution in [2.24, 2.45) is 0 Å². The van der Waals surface area contributed by atoms with Crippen molar-refractivity contribution in [1.29, 1.82) is 0 Å². The van der Waals surface area contributed by atoms with Gasteiger partial charge in [0.2, 0.25) is 0 Å². The summed E-state index contributed by atoms with van der Waals surface area (Å²) in [7, 11) is 0. The third-order valence-corrected chi connectivity index (χ3v) is 3.58. The Bertz CT molecular complexity index is 381. The van der Waals surface area contributed by atoms with Gasteiger partial charge in [-0.3, -0.25) is 0 Å². The van der Waals surface area contributed by atoms with E-state index in [1.54, 1.807) is 0 Å². The zero-order valence-electron chi connectivity index (χ0n) is 11.4. The van der Waals surface area contributed by atoms with Gasteiger partial charge in [0.1, 0.15) is 0 Å². The number of allylic oxidation sites excluding steroid dienone is 2. The number of fused-ring (bicyclic) bond motifs is 1. The van der Waals surface area contributed by atoms with E-state index in [9.17, 15) is 0 Å². The molecule has 0 amide bonds. The van der Waals surface area contributed by atoms with Gasteiger partial charge in [0.15, 0.2) is 0 Å². The number of rotatable bonds is 7. The Kier molecular flexibility index (Phi) is 5.47. The second kappa shape index (κ2) is 7.38. The molecule has 1 aliphatic heterocycles. The molecular formula is C17H24O. The van der Waals surface area contributed by atoms with Crippen LogP contribution in [0.1, 0.15) is 62.7 Å². The summed E-state index contributed by atoms with van der Waals surface area (Å²) >= 11 is 0. The van der Waals surface area contributed by atoms with Gasteiger partial charge >= 0.3 is 0 Å². The molecule has 0 spiro atoms. The molecule has 0 fully saturated rings. The molecule has 98 valence electrons. The summed E-state index contributed by atoms with van der Waals surface area (Å²) in [5.41, 5.74) is 2.77. The second-order valence-electron chi connectivity index (χ2n) is 5.04. The number of unbranched alkanes of at least 4 members (excludes halogenated alkanes) is 3. The predicted octanol–water partition coefficient (Wildman–Crippen LogP) is 5.17. The Morgan fingerprint density at radius 1 is 1.17 bits per heavy atom. The van der Waals surface area contributed by atoms with Crippen LogP contribution in [-0.4, -0.2) is 0 Å². The smallest absolute Gasteiger partial charge is 0.0836 e. The van der Waals surface area contributed by atoms with Crippen LogP contribution in [0.3, 0.4) is 0 Å². The molecule has 0 saturated heterocycles. The first-order valence-corrected chi connectivity index (χ1v) is 7.26. The van der Waals surface area contributed by atoms with Crippen LogP contribution in [0.5, 0.6) is 0 Å². The molecule has 0 aromatic heterocycles. The van der Waals surface area contributed by atoms with Gasteiger partial charge in [-0.15, -0.1) is 0 Å². The lowest BCUT2D eigenvalue weighted by atomic mass is 10.0. The van der Waals surface area contributed by atoms with Gasteiger partial charge in [-0.25, -0.2) is 0 Å². The topological polar surface area (TPSA) is 9.23 Å². The number of benzene rings is 1. The van der Waals surface area contributed by atoms with Crippen molar-refractivity contribution in [2.75, 3.05) is 0 Å². The SMILES string of the molecule is CCCCC/C=C/CCC1OCc2ccccc21. The fraction of sp³-hybridized carbons (Fsp3) is 0.529. The van der Waals surface area contributed by atoms with Crippen molar-refractivity contribution in [1.82, 2.24) is 0 Å². The molecule has 0 aliphatic carbocycles. The highest BCUT2D eigenvalue weighted by Gasteiger charge is 2.21. The molecule has 1 heteroatoms. The Morgan fingerprint density at radius 3 is 2.89 bits per heavy atom. The van der Waals surface area contributed by atoms with E-state index >= 15 is 0 Å². The largest absolute Gasteiger partial charge is 0.369 e. The molecule has 1 aromatic rings. The zero-order chi connectivity index (χ0) is 12.6. The van der Waals surface area contributed by atoms with Gasteiger partial charge in [0, 0.05) is 0 Å². The standard InChI is InChI=1S/C17H24O/c1-2-3-4-5-6-7-8-13-17-16-12-10-9-11-15(16)14-18-17/h6-7,9-12,17H,2-5,8,13-14H2,1H3/b7-6+. The summed E-state index contributed by atoms with van der Waals surface area (Å²) in [4.78, 5) is 0. The molecule has 1 aromatic carbocycles. The fourth-order valence-corrected chi connectivity index (χ4v) is 2.49. The zero-order valence-corrected chi connectivity index (χ0v) is 11.4. The van der Waals surface area contributed by atoms with E-state index in [0.29, 0.717) is 6.10 Å². The van der Waals surface area contributed by atoms with E-state index in [2.05, 4.69) is 43.3 Å². The van der Waals surface area contributed by atoms with Gasteiger partial charge < -0.3 is 4.74 Å². The van der Waals surface area contributed by atoms with Gasteiger partial charge in [-0.05, 0) is 36.8 Å². The molecule has 1 aliphatic rings. The minimum atomic E-state index is 0.321. The molecule has 0 saturated carbocycles. The molecule has 0 radical (unpaired) electrons. The van der Waals surface area contributed by atoms with Gasteiger partial charge in [0.05, 0.1) is 12.7 Å². The highest BCUT2D eigenvalue weighted by molar-refractivity contribution is 5.31. The summed E-state index contributed by atoms with van der Waals surface area (Å²) in [5, 5.41) is 0. The Labute approximate surface area is 111 Å². The van der Waals surface area contributed by atoms with Crippen LogP contribution in [-0.2, 0) is 11.3 Å². The first-order chi connectivity index (χ1) is 8.92. The lowest BCUT2D eigenvalue weighted by Gasteiger charge is -2.08. The van der Waals surface area contributed by atoms with Crippen LogP contribution in [0.4, 0.5) is 0 Å².